The summed E-state index contributed by atoms with van der Waals surface area (Å²) < 4.78 is 51.6. The molecule has 29 heavy (non-hydrogen) atoms. The topological polar surface area (TPSA) is 83.8 Å². The van der Waals surface area contributed by atoms with Crippen LogP contribution in [0.25, 0.3) is 0 Å². The summed E-state index contributed by atoms with van der Waals surface area (Å²) in [6.45, 7) is 3.82. The highest BCUT2D eigenvalue weighted by molar-refractivity contribution is 7.90. The Labute approximate surface area is 167 Å². The van der Waals surface area contributed by atoms with Gasteiger partial charge in [-0.2, -0.15) is 0 Å². The van der Waals surface area contributed by atoms with Gasteiger partial charge in [-0.05, 0) is 19.1 Å². The minimum absolute atomic E-state index is 0.0854. The van der Waals surface area contributed by atoms with Crippen molar-refractivity contribution in [1.82, 2.24) is 4.90 Å². The van der Waals surface area contributed by atoms with Crippen LogP contribution >= 0.6 is 0 Å². The van der Waals surface area contributed by atoms with Gasteiger partial charge in [-0.3, -0.25) is 15.0 Å². The molecule has 3 rings (SSSR count). The molecule has 0 radical (unpaired) electrons. The van der Waals surface area contributed by atoms with Gasteiger partial charge in [-0.15, -0.1) is 0 Å². The quantitative estimate of drug-likeness (QED) is 0.541. The van der Waals surface area contributed by atoms with Crippen molar-refractivity contribution < 1.29 is 22.1 Å². The summed E-state index contributed by atoms with van der Waals surface area (Å²) in [5.74, 6) is -1.23. The third-order valence-electron chi connectivity index (χ3n) is 5.17. The van der Waals surface area contributed by atoms with Crippen LogP contribution < -0.4 is 4.90 Å². The molecular formula is C19H21F2N3O4S. The van der Waals surface area contributed by atoms with Gasteiger partial charge in [0.05, 0.1) is 15.5 Å². The standard InChI is InChI=1S/C19H21F2N3O4S/c1-13(16-5-3-14(20)11-17(16)21)22-7-9-23(10-8-22)18-6-4-15(24(25)26)12-19(18)29(2,27)28/h3-6,11-13H,7-10H2,1-2H3. The number of anilines is 1. The number of hydrogen-bond donors (Lipinski definition) is 0. The Morgan fingerprint density at radius 3 is 2.28 bits per heavy atom. The number of nitrogens with zero attached hydrogens (tertiary/aromatic N) is 3. The molecule has 1 fully saturated rings. The first-order chi connectivity index (χ1) is 13.6. The van der Waals surface area contributed by atoms with E-state index in [1.165, 1.54) is 24.3 Å². The van der Waals surface area contributed by atoms with Crippen LogP contribution in [0.3, 0.4) is 0 Å². The van der Waals surface area contributed by atoms with Crippen LogP contribution in [-0.4, -0.2) is 50.7 Å². The van der Waals surface area contributed by atoms with Crippen molar-refractivity contribution >= 4 is 21.2 Å². The second-order valence-electron chi connectivity index (χ2n) is 7.05. The number of non-ortho nitro benzene ring substituents is 1. The van der Waals surface area contributed by atoms with E-state index in [1.54, 1.807) is 0 Å². The number of benzene rings is 2. The number of hydrogen-bond acceptors (Lipinski definition) is 6. The first-order valence-electron chi connectivity index (χ1n) is 9.00. The highest BCUT2D eigenvalue weighted by Crippen LogP contribution is 2.31. The molecule has 0 aromatic heterocycles. The van der Waals surface area contributed by atoms with Crippen LogP contribution in [0, 0.1) is 21.7 Å². The molecular weight excluding hydrogens is 404 g/mol. The van der Waals surface area contributed by atoms with E-state index in [-0.39, 0.29) is 16.6 Å². The third-order valence-corrected chi connectivity index (χ3v) is 6.29. The molecule has 2 aromatic carbocycles. The van der Waals surface area contributed by atoms with E-state index in [0.29, 0.717) is 37.4 Å². The van der Waals surface area contributed by atoms with Crippen LogP contribution in [0.2, 0.25) is 0 Å². The lowest BCUT2D eigenvalue weighted by Gasteiger charge is -2.39. The molecule has 7 nitrogen and oxygen atoms in total. The summed E-state index contributed by atoms with van der Waals surface area (Å²) in [7, 11) is -3.67. The van der Waals surface area contributed by atoms with Crippen LogP contribution in [0.1, 0.15) is 18.5 Å². The van der Waals surface area contributed by atoms with E-state index in [9.17, 15) is 27.3 Å². The van der Waals surface area contributed by atoms with Crippen molar-refractivity contribution in [3.8, 4) is 0 Å². The molecule has 156 valence electrons. The van der Waals surface area contributed by atoms with Gasteiger partial charge in [0.1, 0.15) is 11.6 Å². The monoisotopic (exact) mass is 425 g/mol. The molecule has 0 saturated carbocycles. The zero-order chi connectivity index (χ0) is 21.3. The van der Waals surface area contributed by atoms with Gasteiger partial charge < -0.3 is 4.90 Å². The van der Waals surface area contributed by atoms with E-state index in [4.69, 9.17) is 0 Å². The second-order valence-corrected chi connectivity index (χ2v) is 9.03. The number of sulfone groups is 1. The molecule has 10 heteroatoms. The Balaban J connectivity index is 1.79. The highest BCUT2D eigenvalue weighted by Gasteiger charge is 2.27. The minimum atomic E-state index is -3.67. The largest absolute Gasteiger partial charge is 0.368 e. The first-order valence-corrected chi connectivity index (χ1v) is 10.9. The maximum atomic E-state index is 14.1. The predicted octanol–water partition coefficient (Wildman–Crippen LogP) is 3.16. The fraction of sp³-hybridized carbons (Fsp3) is 0.368. The Bertz CT molecular complexity index is 1040. The van der Waals surface area contributed by atoms with E-state index < -0.39 is 26.4 Å². The van der Waals surface area contributed by atoms with E-state index >= 15 is 0 Å². The highest BCUT2D eigenvalue weighted by atomic mass is 32.2. The lowest BCUT2D eigenvalue weighted by Crippen LogP contribution is -2.47. The van der Waals surface area contributed by atoms with Gasteiger partial charge in [-0.1, -0.05) is 6.07 Å². The predicted molar refractivity (Wildman–Crippen MR) is 105 cm³/mol. The fourth-order valence-electron chi connectivity index (χ4n) is 3.56. The summed E-state index contributed by atoms with van der Waals surface area (Å²) in [5.41, 5.74) is 0.526. The molecule has 0 bridgehead atoms. The maximum absolute atomic E-state index is 14.1. The number of piperazine rings is 1. The molecule has 2 aromatic rings. The summed E-state index contributed by atoms with van der Waals surface area (Å²) in [4.78, 5) is 14.2. The van der Waals surface area contributed by atoms with Gasteiger partial charge in [-0.25, -0.2) is 17.2 Å². The number of rotatable bonds is 5. The van der Waals surface area contributed by atoms with Crippen LogP contribution in [0.15, 0.2) is 41.3 Å². The molecule has 1 atom stereocenters. The van der Waals surface area contributed by atoms with Gasteiger partial charge in [0.15, 0.2) is 9.84 Å². The van der Waals surface area contributed by atoms with Gasteiger partial charge in [0, 0.05) is 62.2 Å². The minimum Gasteiger partial charge on any atom is -0.368 e. The normalized spacial score (nSPS) is 16.6. The molecule has 1 heterocycles. The molecule has 1 unspecified atom stereocenters. The average Bonchev–Trinajstić information content (AvgIpc) is 2.66. The molecule has 0 amide bonds. The van der Waals surface area contributed by atoms with Gasteiger partial charge in [0.2, 0.25) is 0 Å². The van der Waals surface area contributed by atoms with E-state index in [0.717, 1.165) is 18.4 Å². The van der Waals surface area contributed by atoms with Crippen molar-refractivity contribution in [2.45, 2.75) is 17.9 Å². The van der Waals surface area contributed by atoms with Crippen molar-refractivity contribution in [3.63, 3.8) is 0 Å². The van der Waals surface area contributed by atoms with E-state index in [1.807, 2.05) is 16.7 Å². The Hall–Kier alpha value is -2.59. The lowest BCUT2D eigenvalue weighted by molar-refractivity contribution is -0.385. The van der Waals surface area contributed by atoms with Crippen LogP contribution in [-0.2, 0) is 9.84 Å². The molecule has 1 aliphatic rings. The van der Waals surface area contributed by atoms with Gasteiger partial charge >= 0.3 is 0 Å². The SMILES string of the molecule is CC(c1ccc(F)cc1F)N1CCN(c2ccc([N+](=O)[O-])cc2S(C)(=O)=O)CC1. The van der Waals surface area contributed by atoms with Crippen molar-refractivity contribution in [2.24, 2.45) is 0 Å². The Morgan fingerprint density at radius 2 is 1.72 bits per heavy atom. The fourth-order valence-corrected chi connectivity index (χ4v) is 4.47. The summed E-state index contributed by atoms with van der Waals surface area (Å²) >= 11 is 0. The van der Waals surface area contributed by atoms with Crippen LogP contribution in [0.5, 0.6) is 0 Å². The first kappa shape index (κ1) is 21.1. The molecule has 0 aliphatic carbocycles. The Morgan fingerprint density at radius 1 is 1.07 bits per heavy atom. The van der Waals surface area contributed by atoms with Crippen molar-refractivity contribution in [1.29, 1.82) is 0 Å². The zero-order valence-electron chi connectivity index (χ0n) is 16.0. The van der Waals surface area contributed by atoms with E-state index in [2.05, 4.69) is 0 Å². The Kier molecular flexibility index (Phi) is 5.85. The molecule has 0 N–H and O–H groups in total. The number of halogens is 2. The lowest BCUT2D eigenvalue weighted by atomic mass is 10.0. The molecule has 0 spiro atoms. The summed E-state index contributed by atoms with van der Waals surface area (Å²) in [6, 6.07) is 7.05. The third kappa shape index (κ3) is 4.54. The average molecular weight is 425 g/mol. The van der Waals surface area contributed by atoms with Crippen LogP contribution in [0.4, 0.5) is 20.2 Å². The number of nitro groups is 1. The van der Waals surface area contributed by atoms with Gasteiger partial charge in [0.25, 0.3) is 5.69 Å². The molecule has 1 aliphatic heterocycles. The summed E-state index contributed by atoms with van der Waals surface area (Å²) in [5, 5.41) is 11.0. The zero-order valence-corrected chi connectivity index (χ0v) is 16.8. The summed E-state index contributed by atoms with van der Waals surface area (Å²) in [6.07, 6.45) is 1.02. The maximum Gasteiger partial charge on any atom is 0.270 e. The molecule has 1 saturated heterocycles. The smallest absolute Gasteiger partial charge is 0.270 e. The second kappa shape index (κ2) is 8.03. The number of nitro benzene ring substituents is 1. The van der Waals surface area contributed by atoms with Crippen molar-refractivity contribution in [3.05, 3.63) is 63.7 Å². The van der Waals surface area contributed by atoms with Crippen molar-refractivity contribution in [2.75, 3.05) is 37.3 Å².